The van der Waals surface area contributed by atoms with Crippen LogP contribution in [-0.4, -0.2) is 53.0 Å². The number of hydrogen-bond acceptors (Lipinski definition) is 4. The van der Waals surface area contributed by atoms with E-state index in [9.17, 15) is 9.90 Å². The van der Waals surface area contributed by atoms with Gasteiger partial charge in [-0.1, -0.05) is 6.07 Å². The van der Waals surface area contributed by atoms with Crippen molar-refractivity contribution in [2.45, 2.75) is 18.9 Å². The molecule has 0 unspecified atom stereocenters. The Balaban J connectivity index is 1.79. The summed E-state index contributed by atoms with van der Waals surface area (Å²) in [5, 5.41) is 9.90. The number of carbonyl (C=O) groups is 1. The fourth-order valence-electron chi connectivity index (χ4n) is 3.08. The van der Waals surface area contributed by atoms with Gasteiger partial charge < -0.3 is 15.7 Å². The van der Waals surface area contributed by atoms with Gasteiger partial charge in [0.25, 0.3) is 5.91 Å². The largest absolute Gasteiger partial charge is 0.505 e. The van der Waals surface area contributed by atoms with E-state index in [1.54, 1.807) is 18.2 Å². The maximum Gasteiger partial charge on any atom is 0.257 e. The molecule has 0 spiro atoms. The maximum atomic E-state index is 12.5. The number of nitrogens with zero attached hydrogens (tertiary/aromatic N) is 2. The number of fused-ring (bicyclic) bond motifs is 1. The normalized spacial score (nSPS) is 23.4. The van der Waals surface area contributed by atoms with E-state index in [1.807, 2.05) is 4.90 Å². The summed E-state index contributed by atoms with van der Waals surface area (Å²) < 4.78 is 0. The number of nitrogen functional groups attached to an aromatic ring is 1. The number of rotatable bonds is 1. The SMILES string of the molecule is Nc1cccc(C(=O)N2CCN3CCC[C@H]3C2)c1O. The van der Waals surface area contributed by atoms with E-state index in [-0.39, 0.29) is 17.3 Å². The molecule has 5 nitrogen and oxygen atoms in total. The van der Waals surface area contributed by atoms with Gasteiger partial charge in [0.2, 0.25) is 0 Å². The van der Waals surface area contributed by atoms with Crippen molar-refractivity contribution < 1.29 is 9.90 Å². The van der Waals surface area contributed by atoms with E-state index in [0.717, 1.165) is 32.6 Å². The lowest BCUT2D eigenvalue weighted by Gasteiger charge is -2.37. The first kappa shape index (κ1) is 12.3. The molecule has 2 aliphatic heterocycles. The number of para-hydroxylation sites is 1. The van der Waals surface area contributed by atoms with Crippen molar-refractivity contribution in [3.8, 4) is 5.75 Å². The number of nitrogens with two attached hydrogens (primary N) is 1. The van der Waals surface area contributed by atoms with Crippen molar-refractivity contribution in [3.05, 3.63) is 23.8 Å². The van der Waals surface area contributed by atoms with Crippen molar-refractivity contribution in [3.63, 3.8) is 0 Å². The summed E-state index contributed by atoms with van der Waals surface area (Å²) in [6.45, 7) is 3.56. The Morgan fingerprint density at radius 1 is 1.32 bits per heavy atom. The topological polar surface area (TPSA) is 69.8 Å². The van der Waals surface area contributed by atoms with E-state index >= 15 is 0 Å². The van der Waals surface area contributed by atoms with E-state index in [4.69, 9.17) is 5.73 Å². The molecule has 3 rings (SSSR count). The Kier molecular flexibility index (Phi) is 3.06. The minimum atomic E-state index is -0.114. The van der Waals surface area contributed by atoms with Crippen molar-refractivity contribution in [2.24, 2.45) is 0 Å². The number of anilines is 1. The first-order valence-electron chi connectivity index (χ1n) is 6.77. The zero-order valence-corrected chi connectivity index (χ0v) is 10.9. The van der Waals surface area contributed by atoms with Gasteiger partial charge in [-0.15, -0.1) is 0 Å². The van der Waals surface area contributed by atoms with Gasteiger partial charge in [-0.2, -0.15) is 0 Å². The van der Waals surface area contributed by atoms with Gasteiger partial charge in [0.15, 0.2) is 5.75 Å². The lowest BCUT2D eigenvalue weighted by Crippen LogP contribution is -2.52. The monoisotopic (exact) mass is 261 g/mol. The highest BCUT2D eigenvalue weighted by Crippen LogP contribution is 2.28. The number of phenols is 1. The molecule has 102 valence electrons. The molecule has 1 amide bonds. The second-order valence-electron chi connectivity index (χ2n) is 5.33. The molecule has 2 aliphatic rings. The van der Waals surface area contributed by atoms with Crippen molar-refractivity contribution in [1.82, 2.24) is 9.80 Å². The number of carbonyl (C=O) groups excluding carboxylic acids is 1. The fraction of sp³-hybridized carbons (Fsp3) is 0.500. The van der Waals surface area contributed by atoms with Crippen LogP contribution in [0.25, 0.3) is 0 Å². The molecule has 2 fully saturated rings. The third-order valence-electron chi connectivity index (χ3n) is 4.17. The molecule has 0 aromatic heterocycles. The molecule has 3 N–H and O–H groups in total. The Morgan fingerprint density at radius 3 is 3.00 bits per heavy atom. The summed E-state index contributed by atoms with van der Waals surface area (Å²) in [4.78, 5) is 16.7. The van der Waals surface area contributed by atoms with Crippen molar-refractivity contribution >= 4 is 11.6 Å². The summed E-state index contributed by atoms with van der Waals surface area (Å²) >= 11 is 0. The Labute approximate surface area is 112 Å². The van der Waals surface area contributed by atoms with Gasteiger partial charge >= 0.3 is 0 Å². The highest BCUT2D eigenvalue weighted by atomic mass is 16.3. The number of benzene rings is 1. The first-order valence-corrected chi connectivity index (χ1v) is 6.77. The predicted molar refractivity (Wildman–Crippen MR) is 73.0 cm³/mol. The molecule has 1 aromatic carbocycles. The molecule has 19 heavy (non-hydrogen) atoms. The van der Waals surface area contributed by atoms with Crippen LogP contribution in [0.15, 0.2) is 18.2 Å². The van der Waals surface area contributed by atoms with E-state index in [0.29, 0.717) is 11.6 Å². The predicted octanol–water partition coefficient (Wildman–Crippen LogP) is 0.895. The third kappa shape index (κ3) is 2.14. The molecular formula is C14H19N3O2. The maximum absolute atomic E-state index is 12.5. The number of piperazine rings is 1. The lowest BCUT2D eigenvalue weighted by molar-refractivity contribution is 0.0568. The van der Waals surface area contributed by atoms with Crippen molar-refractivity contribution in [1.29, 1.82) is 0 Å². The standard InChI is InChI=1S/C14H19N3O2/c15-12-5-1-4-11(13(12)18)14(19)17-8-7-16-6-2-3-10(16)9-17/h1,4-5,10,18H,2-3,6-9,15H2/t10-/m0/s1. The van der Waals surface area contributed by atoms with Crippen molar-refractivity contribution in [2.75, 3.05) is 31.9 Å². The summed E-state index contributed by atoms with van der Waals surface area (Å²) in [6.07, 6.45) is 2.38. The second-order valence-corrected chi connectivity index (χ2v) is 5.33. The molecule has 0 saturated carbocycles. The smallest absolute Gasteiger partial charge is 0.257 e. The minimum absolute atomic E-state index is 0.0960. The Morgan fingerprint density at radius 2 is 2.16 bits per heavy atom. The number of phenolic OH excluding ortho intramolecular Hbond substituents is 1. The van der Waals surface area contributed by atoms with Gasteiger partial charge in [-0.25, -0.2) is 0 Å². The molecule has 1 atom stereocenters. The minimum Gasteiger partial charge on any atom is -0.505 e. The van der Waals surface area contributed by atoms with E-state index < -0.39 is 0 Å². The van der Waals surface area contributed by atoms with Crippen LogP contribution in [0.2, 0.25) is 0 Å². The van der Waals surface area contributed by atoms with Crippen LogP contribution in [0.3, 0.4) is 0 Å². The van der Waals surface area contributed by atoms with E-state index in [2.05, 4.69) is 4.90 Å². The van der Waals surface area contributed by atoms with Crippen LogP contribution in [0, 0.1) is 0 Å². The molecule has 2 heterocycles. The average Bonchev–Trinajstić information content (AvgIpc) is 2.88. The summed E-state index contributed by atoms with van der Waals surface area (Å²) in [5.41, 5.74) is 6.21. The molecule has 0 radical (unpaired) electrons. The van der Waals surface area contributed by atoms with Gasteiger partial charge in [-0.05, 0) is 31.5 Å². The quantitative estimate of drug-likeness (QED) is 0.582. The average molecular weight is 261 g/mol. The Hall–Kier alpha value is -1.75. The molecule has 5 heteroatoms. The van der Waals surface area contributed by atoms with Gasteiger partial charge in [0.1, 0.15) is 0 Å². The Bertz CT molecular complexity index is 503. The zero-order valence-electron chi connectivity index (χ0n) is 10.9. The lowest BCUT2D eigenvalue weighted by atomic mass is 10.1. The van der Waals surface area contributed by atoms with E-state index in [1.165, 1.54) is 6.42 Å². The second kappa shape index (κ2) is 4.74. The van der Waals surface area contributed by atoms with Crippen LogP contribution in [0.1, 0.15) is 23.2 Å². The van der Waals surface area contributed by atoms with Crippen LogP contribution in [0.4, 0.5) is 5.69 Å². The highest BCUT2D eigenvalue weighted by Gasteiger charge is 2.33. The number of amides is 1. The summed E-state index contributed by atoms with van der Waals surface area (Å²) in [7, 11) is 0. The van der Waals surface area contributed by atoms with Crippen LogP contribution < -0.4 is 5.73 Å². The molecule has 2 saturated heterocycles. The van der Waals surface area contributed by atoms with Crippen LogP contribution >= 0.6 is 0 Å². The van der Waals surface area contributed by atoms with Gasteiger partial charge in [-0.3, -0.25) is 9.69 Å². The summed E-state index contributed by atoms with van der Waals surface area (Å²) in [5.74, 6) is -0.210. The molecular weight excluding hydrogens is 242 g/mol. The van der Waals surface area contributed by atoms with Gasteiger partial charge in [0.05, 0.1) is 11.3 Å². The summed E-state index contributed by atoms with van der Waals surface area (Å²) in [6, 6.07) is 5.42. The molecule has 0 bridgehead atoms. The molecule has 1 aromatic rings. The fourth-order valence-corrected chi connectivity index (χ4v) is 3.08. The van der Waals surface area contributed by atoms with Crippen LogP contribution in [-0.2, 0) is 0 Å². The highest BCUT2D eigenvalue weighted by molar-refractivity contribution is 5.98. The number of aromatic hydroxyl groups is 1. The zero-order chi connectivity index (χ0) is 13.4. The third-order valence-corrected chi connectivity index (χ3v) is 4.17. The number of hydrogen-bond donors (Lipinski definition) is 2. The molecule has 0 aliphatic carbocycles. The first-order chi connectivity index (χ1) is 9.16. The van der Waals surface area contributed by atoms with Gasteiger partial charge in [0, 0.05) is 25.7 Å². The van der Waals surface area contributed by atoms with Crippen LogP contribution in [0.5, 0.6) is 5.75 Å².